The molecule has 2 aliphatic rings. The van der Waals surface area contributed by atoms with E-state index in [0.717, 1.165) is 0 Å². The largest absolute Gasteiger partial charge is 0.344 e. The van der Waals surface area contributed by atoms with Gasteiger partial charge in [-0.3, -0.25) is 0 Å². The number of rotatable bonds is 3. The Bertz CT molecular complexity index is 1520. The number of nitrogens with zero attached hydrogens (tertiary/aromatic N) is 2. The molecule has 32 heavy (non-hydrogen) atoms. The maximum absolute atomic E-state index is 2.55. The molecule has 2 heteroatoms. The van der Waals surface area contributed by atoms with Crippen molar-refractivity contribution in [2.45, 2.75) is 12.3 Å². The molecule has 4 aromatic carbocycles. The van der Waals surface area contributed by atoms with Crippen molar-refractivity contribution in [3.8, 4) is 5.69 Å². The third-order valence-electron chi connectivity index (χ3n) is 7.27. The average molecular weight is 413 g/mol. The number of anilines is 2. The normalized spacial score (nSPS) is 18.5. The molecule has 0 N–H and O–H groups in total. The topological polar surface area (TPSA) is 8.17 Å². The zero-order valence-corrected chi connectivity index (χ0v) is 18.1. The van der Waals surface area contributed by atoms with E-state index in [2.05, 4.69) is 120 Å². The van der Waals surface area contributed by atoms with E-state index in [4.69, 9.17) is 0 Å². The predicted octanol–water partition coefficient (Wildman–Crippen LogP) is 7.68. The number of hydrogen-bond donors (Lipinski definition) is 0. The molecule has 1 fully saturated rings. The van der Waals surface area contributed by atoms with Crippen LogP contribution in [0, 0.1) is 5.92 Å². The fourth-order valence-corrected chi connectivity index (χ4v) is 5.60. The Morgan fingerprint density at radius 2 is 1.50 bits per heavy atom. The maximum atomic E-state index is 2.55. The highest BCUT2D eigenvalue weighted by Crippen LogP contribution is 2.55. The predicted molar refractivity (Wildman–Crippen MR) is 135 cm³/mol. The number of allylic oxidation sites excluding steroid dienone is 1. The van der Waals surface area contributed by atoms with Crippen molar-refractivity contribution in [2.24, 2.45) is 5.92 Å². The van der Waals surface area contributed by atoms with Crippen molar-refractivity contribution >= 4 is 39.1 Å². The molecule has 0 radical (unpaired) electrons. The smallest absolute Gasteiger partial charge is 0.0538 e. The molecule has 0 aliphatic heterocycles. The summed E-state index contributed by atoms with van der Waals surface area (Å²) >= 11 is 0. The lowest BCUT2D eigenvalue weighted by Gasteiger charge is -2.23. The first-order valence-electron chi connectivity index (χ1n) is 11.4. The van der Waals surface area contributed by atoms with E-state index in [1.54, 1.807) is 0 Å². The molecule has 154 valence electrons. The van der Waals surface area contributed by atoms with Crippen LogP contribution in [-0.4, -0.2) is 11.6 Å². The van der Waals surface area contributed by atoms with E-state index < -0.39 is 0 Å². The number of benzene rings is 4. The van der Waals surface area contributed by atoms with Gasteiger partial charge in [0.2, 0.25) is 0 Å². The molecule has 7 rings (SSSR count). The second-order valence-electron chi connectivity index (χ2n) is 9.06. The van der Waals surface area contributed by atoms with Crippen molar-refractivity contribution in [3.05, 3.63) is 108 Å². The molecule has 2 nitrogen and oxygen atoms in total. The Labute approximate surface area is 188 Å². The summed E-state index contributed by atoms with van der Waals surface area (Å²) in [6.07, 6.45) is 6.05. The zero-order valence-electron chi connectivity index (χ0n) is 18.1. The van der Waals surface area contributed by atoms with E-state index in [1.807, 2.05) is 0 Å². The van der Waals surface area contributed by atoms with Crippen LogP contribution in [0.1, 0.15) is 23.6 Å². The zero-order chi connectivity index (χ0) is 21.2. The highest BCUT2D eigenvalue weighted by molar-refractivity contribution is 6.03. The van der Waals surface area contributed by atoms with Crippen molar-refractivity contribution in [3.63, 3.8) is 0 Å². The highest BCUT2D eigenvalue weighted by Gasteiger charge is 2.43. The molecule has 2 unspecified atom stereocenters. The molecular formula is C30H24N2. The van der Waals surface area contributed by atoms with Crippen molar-refractivity contribution in [2.75, 3.05) is 11.9 Å². The molecule has 0 amide bonds. The fraction of sp³-hybridized carbons (Fsp3) is 0.133. The van der Waals surface area contributed by atoms with Crippen molar-refractivity contribution < 1.29 is 0 Å². The maximum Gasteiger partial charge on any atom is 0.0538 e. The van der Waals surface area contributed by atoms with Gasteiger partial charge in [0.05, 0.1) is 11.2 Å². The standard InChI is InChI=1S/C30H24N2/c1-31(21-9-3-2-4-10-21)27-15-7-13-23-22(27)12-8-16-29(23)32-28-14-6-5-11-24(28)25-18-17-20-19-26(20)30(25)32/h2-18,20,26H,19H2,1H3. The summed E-state index contributed by atoms with van der Waals surface area (Å²) < 4.78 is 2.55. The van der Waals surface area contributed by atoms with Crippen LogP contribution in [0.4, 0.5) is 11.4 Å². The van der Waals surface area contributed by atoms with E-state index >= 15 is 0 Å². The summed E-state index contributed by atoms with van der Waals surface area (Å²) in [6.45, 7) is 0. The first-order chi connectivity index (χ1) is 15.8. The second kappa shape index (κ2) is 6.61. The minimum Gasteiger partial charge on any atom is -0.344 e. The van der Waals surface area contributed by atoms with E-state index in [-0.39, 0.29) is 0 Å². The van der Waals surface area contributed by atoms with Crippen molar-refractivity contribution in [1.82, 2.24) is 4.57 Å². The molecule has 1 heterocycles. The van der Waals surface area contributed by atoms with Crippen LogP contribution >= 0.6 is 0 Å². The number of para-hydroxylation sites is 2. The molecule has 5 aromatic rings. The lowest BCUT2D eigenvalue weighted by Crippen LogP contribution is -2.10. The van der Waals surface area contributed by atoms with Gasteiger partial charge in [0, 0.05) is 51.8 Å². The highest BCUT2D eigenvalue weighted by atomic mass is 15.1. The molecule has 1 saturated carbocycles. The number of hydrogen-bond acceptors (Lipinski definition) is 1. The van der Waals surface area contributed by atoms with Gasteiger partial charge in [-0.25, -0.2) is 0 Å². The van der Waals surface area contributed by atoms with Crippen LogP contribution in [-0.2, 0) is 0 Å². The van der Waals surface area contributed by atoms with Crippen LogP contribution in [0.5, 0.6) is 0 Å². The van der Waals surface area contributed by atoms with Gasteiger partial charge >= 0.3 is 0 Å². The lowest BCUT2D eigenvalue weighted by atomic mass is 10.0. The summed E-state index contributed by atoms with van der Waals surface area (Å²) in [5.74, 6) is 1.35. The third-order valence-corrected chi connectivity index (χ3v) is 7.27. The number of fused-ring (bicyclic) bond motifs is 6. The average Bonchev–Trinajstić information content (AvgIpc) is 3.58. The third kappa shape index (κ3) is 2.47. The first-order valence-corrected chi connectivity index (χ1v) is 11.4. The van der Waals surface area contributed by atoms with Gasteiger partial charge in [0.15, 0.2) is 0 Å². The SMILES string of the molecule is CN(c1ccccc1)c1cccc2c(-n3c4c(c5ccccc53)C=CC3CC43)cccc12. The minimum atomic E-state index is 0.646. The summed E-state index contributed by atoms with van der Waals surface area (Å²) in [5, 5.41) is 3.93. The number of aromatic nitrogens is 1. The van der Waals surface area contributed by atoms with E-state index in [0.29, 0.717) is 11.8 Å². The van der Waals surface area contributed by atoms with Crippen LogP contribution in [0.3, 0.4) is 0 Å². The summed E-state index contributed by atoms with van der Waals surface area (Å²) in [6, 6.07) is 32.9. The van der Waals surface area contributed by atoms with Crippen LogP contribution in [0.15, 0.2) is 97.1 Å². The van der Waals surface area contributed by atoms with E-state index in [9.17, 15) is 0 Å². The minimum absolute atomic E-state index is 0.646. The van der Waals surface area contributed by atoms with Gasteiger partial charge in [-0.1, -0.05) is 72.8 Å². The van der Waals surface area contributed by atoms with Gasteiger partial charge < -0.3 is 9.47 Å². The monoisotopic (exact) mass is 412 g/mol. The van der Waals surface area contributed by atoms with Crippen molar-refractivity contribution in [1.29, 1.82) is 0 Å². The Morgan fingerprint density at radius 3 is 2.41 bits per heavy atom. The first kappa shape index (κ1) is 17.9. The molecule has 0 spiro atoms. The molecular weight excluding hydrogens is 388 g/mol. The lowest BCUT2D eigenvalue weighted by molar-refractivity contribution is 0.899. The van der Waals surface area contributed by atoms with E-state index in [1.165, 1.54) is 56.4 Å². The molecule has 2 atom stereocenters. The van der Waals surface area contributed by atoms with Gasteiger partial charge in [-0.2, -0.15) is 0 Å². The van der Waals surface area contributed by atoms with Gasteiger partial charge in [-0.05, 0) is 42.7 Å². The van der Waals surface area contributed by atoms with Crippen LogP contribution < -0.4 is 4.90 Å². The Morgan fingerprint density at radius 1 is 0.750 bits per heavy atom. The summed E-state index contributed by atoms with van der Waals surface area (Å²) in [4.78, 5) is 2.29. The van der Waals surface area contributed by atoms with Gasteiger partial charge in [0.1, 0.15) is 0 Å². The van der Waals surface area contributed by atoms with Crippen LogP contribution in [0.25, 0.3) is 33.4 Å². The Hall–Kier alpha value is -3.78. The van der Waals surface area contributed by atoms with Gasteiger partial charge in [0.25, 0.3) is 0 Å². The molecule has 0 saturated heterocycles. The fourth-order valence-electron chi connectivity index (χ4n) is 5.60. The quantitative estimate of drug-likeness (QED) is 0.295. The summed E-state index contributed by atoms with van der Waals surface area (Å²) in [5.41, 5.74) is 7.92. The molecule has 2 aliphatic carbocycles. The summed E-state index contributed by atoms with van der Waals surface area (Å²) in [7, 11) is 2.16. The van der Waals surface area contributed by atoms with Crippen LogP contribution in [0.2, 0.25) is 0 Å². The second-order valence-corrected chi connectivity index (χ2v) is 9.06. The molecule has 1 aromatic heterocycles. The molecule has 0 bridgehead atoms. The Balaban J connectivity index is 1.51. The Kier molecular flexibility index (Phi) is 3.69. The van der Waals surface area contributed by atoms with Gasteiger partial charge in [-0.15, -0.1) is 0 Å².